The monoisotopic (exact) mass is 940 g/mol. The highest BCUT2D eigenvalue weighted by Crippen LogP contribution is 2.49. The summed E-state index contributed by atoms with van der Waals surface area (Å²) in [5.41, 5.74) is 7.46. The van der Waals surface area contributed by atoms with Gasteiger partial charge in [-0.25, -0.2) is 10.2 Å². The number of nitrogens with one attached hydrogen (secondary N) is 3. The van der Waals surface area contributed by atoms with E-state index in [1.807, 2.05) is 73.6 Å². The number of likely N-dealkylation sites (N-methyl/N-ethyl adjacent to an activating group) is 1. The Bertz CT molecular complexity index is 2420. The quantitative estimate of drug-likeness (QED) is 0.0174. The van der Waals surface area contributed by atoms with E-state index in [4.69, 9.17) is 5.26 Å². The molecule has 3 aromatic rings. The van der Waals surface area contributed by atoms with Crippen molar-refractivity contribution >= 4 is 74.2 Å². The number of pyridine rings is 1. The Morgan fingerprint density at radius 2 is 1.72 bits per heavy atom. The summed E-state index contributed by atoms with van der Waals surface area (Å²) in [7, 11) is 7.23. The third-order valence-electron chi connectivity index (χ3n) is 12.7. The molecule has 17 heteroatoms. The Morgan fingerprint density at radius 1 is 0.969 bits per heavy atom. The average Bonchev–Trinajstić information content (AvgIpc) is 3.91. The molecule has 0 unspecified atom stereocenters. The summed E-state index contributed by atoms with van der Waals surface area (Å²) >= 11 is 0.676. The minimum absolute atomic E-state index is 0.0593. The van der Waals surface area contributed by atoms with E-state index < -0.39 is 18.0 Å². The molecule has 4 aliphatic rings. The zero-order valence-electron chi connectivity index (χ0n) is 37.7. The van der Waals surface area contributed by atoms with Gasteiger partial charge in [-0.15, -0.1) is 4.33 Å². The molecule has 0 spiro atoms. The Hall–Kier alpha value is -4.91. The van der Waals surface area contributed by atoms with Gasteiger partial charge in [0.1, 0.15) is 24.2 Å². The van der Waals surface area contributed by atoms with E-state index in [1.165, 1.54) is 11.1 Å². The zero-order valence-corrected chi connectivity index (χ0v) is 40.2. The molecule has 1 aromatic heterocycles. The van der Waals surface area contributed by atoms with E-state index >= 15 is 0 Å². The number of nitrogens with zero attached hydrogens (tertiary/aromatic N) is 4. The lowest BCUT2D eigenvalue weighted by Gasteiger charge is -2.37. The van der Waals surface area contributed by atoms with E-state index in [9.17, 15) is 19.2 Å². The Labute approximate surface area is 393 Å². The van der Waals surface area contributed by atoms with Gasteiger partial charge < -0.3 is 25.8 Å². The van der Waals surface area contributed by atoms with Gasteiger partial charge in [0.2, 0.25) is 23.4 Å². The first kappa shape index (κ1) is 48.0. The number of unbranched alkanes of at least 4 members (excludes halogenated alkanes) is 1. The highest BCUT2D eigenvalue weighted by Gasteiger charge is 2.48. The molecule has 0 radical (unpaired) electrons. The van der Waals surface area contributed by atoms with Crippen LogP contribution in [-0.2, 0) is 39.4 Å². The van der Waals surface area contributed by atoms with Crippen LogP contribution in [0.4, 0.5) is 11.4 Å². The van der Waals surface area contributed by atoms with Gasteiger partial charge in [0, 0.05) is 97.2 Å². The topological polar surface area (TPSA) is 165 Å². The van der Waals surface area contributed by atoms with Crippen LogP contribution in [0.2, 0.25) is 0 Å². The molecule has 1 aliphatic carbocycles. The molecular weight excluding hydrogens is 883 g/mol. The number of amides is 3. The molecule has 14 nitrogen and oxygen atoms in total. The number of carbonyl (C=O) groups is 4. The predicted molar refractivity (Wildman–Crippen MR) is 258 cm³/mol. The maximum atomic E-state index is 14.6. The summed E-state index contributed by atoms with van der Waals surface area (Å²) in [6.07, 6.45) is 8.37. The first-order valence-electron chi connectivity index (χ1n) is 21.9. The molecule has 7 rings (SSSR count). The number of para-hydroxylation sites is 2. The lowest BCUT2D eigenvalue weighted by atomic mass is 9.76. The molecule has 1 saturated heterocycles. The Kier molecular flexibility index (Phi) is 15.6. The maximum absolute atomic E-state index is 14.6. The number of anilines is 1. The SMILES string of the molecule is CN1/C(=C/C2=C(N3CCC[C@@H]3C(=O)N[C@@H](CSOOO)C(=O)NCCCCC(=O)NCCSSc3ccccn3)C(=C/C3=[N+](C)c4ccccc4C3(C)C)/C2=O)C(C)(C)c2ccccc21. The second-order valence-corrected chi connectivity index (χ2v) is 20.6. The fourth-order valence-electron chi connectivity index (χ4n) is 9.25. The number of ketones is 1. The van der Waals surface area contributed by atoms with Gasteiger partial charge in [-0.2, -0.15) is 4.58 Å². The second-order valence-electron chi connectivity index (χ2n) is 17.5. The van der Waals surface area contributed by atoms with Gasteiger partial charge in [-0.1, -0.05) is 72.1 Å². The number of likely N-dealkylation sites (tertiary alicyclic amines) is 1. The first-order valence-corrected chi connectivity index (χ1v) is 25.2. The molecule has 65 heavy (non-hydrogen) atoms. The molecule has 2 atom stereocenters. The second kappa shape index (κ2) is 21.2. The molecule has 1 fully saturated rings. The number of rotatable bonds is 20. The number of benzene rings is 2. The van der Waals surface area contributed by atoms with Gasteiger partial charge in [0.15, 0.2) is 11.5 Å². The van der Waals surface area contributed by atoms with Crippen LogP contribution in [-0.4, -0.2) is 106 Å². The summed E-state index contributed by atoms with van der Waals surface area (Å²) in [5, 5.41) is 22.3. The maximum Gasteiger partial charge on any atom is 0.243 e. The number of aromatic nitrogens is 1. The van der Waals surface area contributed by atoms with E-state index in [0.717, 1.165) is 33.6 Å². The van der Waals surface area contributed by atoms with Crippen molar-refractivity contribution in [2.45, 2.75) is 87.7 Å². The lowest BCUT2D eigenvalue weighted by molar-refractivity contribution is -0.432. The molecule has 3 aliphatic heterocycles. The van der Waals surface area contributed by atoms with E-state index in [2.05, 4.69) is 91.7 Å². The summed E-state index contributed by atoms with van der Waals surface area (Å²) in [6.45, 7) is 10.0. The molecule has 4 heterocycles. The van der Waals surface area contributed by atoms with Crippen LogP contribution in [0, 0.1) is 0 Å². The largest absolute Gasteiger partial charge is 0.358 e. The van der Waals surface area contributed by atoms with Crippen molar-refractivity contribution in [1.29, 1.82) is 0 Å². The fraction of sp³-hybridized carbons (Fsp3) is 0.417. The number of carbonyl (C=O) groups excluding carboxylic acids is 4. The molecule has 0 bridgehead atoms. The van der Waals surface area contributed by atoms with E-state index in [-0.39, 0.29) is 40.7 Å². The van der Waals surface area contributed by atoms with Crippen molar-refractivity contribution in [1.82, 2.24) is 25.8 Å². The van der Waals surface area contributed by atoms with Crippen LogP contribution in [0.3, 0.4) is 0 Å². The fourth-order valence-corrected chi connectivity index (χ4v) is 11.5. The van der Waals surface area contributed by atoms with Crippen LogP contribution in [0.15, 0.2) is 113 Å². The van der Waals surface area contributed by atoms with E-state index in [0.29, 0.717) is 74.1 Å². The normalized spacial score (nSPS) is 20.0. The molecule has 2 aromatic carbocycles. The van der Waals surface area contributed by atoms with Crippen molar-refractivity contribution in [3.63, 3.8) is 0 Å². The van der Waals surface area contributed by atoms with E-state index in [1.54, 1.807) is 27.8 Å². The summed E-state index contributed by atoms with van der Waals surface area (Å²) in [6, 6.07) is 20.5. The zero-order chi connectivity index (χ0) is 46.3. The van der Waals surface area contributed by atoms with Crippen LogP contribution in [0.25, 0.3) is 0 Å². The third-order valence-corrected chi connectivity index (χ3v) is 15.5. The van der Waals surface area contributed by atoms with Gasteiger partial charge in [-0.05, 0) is 80.2 Å². The number of Topliss-reactive ketones (excluding diaryl/α,β-unsaturated/α-hetero) is 1. The average molecular weight is 941 g/mol. The molecular formula is C48H58N7O7S3+. The molecule has 0 saturated carbocycles. The molecule has 3 amide bonds. The Morgan fingerprint density at radius 3 is 2.46 bits per heavy atom. The van der Waals surface area contributed by atoms with Gasteiger partial charge in [0.25, 0.3) is 0 Å². The van der Waals surface area contributed by atoms with Crippen LogP contribution >= 0.6 is 33.6 Å². The van der Waals surface area contributed by atoms with Crippen molar-refractivity contribution in [3.05, 3.63) is 119 Å². The molecule has 344 valence electrons. The number of allylic oxidation sites excluding steroid dienone is 5. The Balaban J connectivity index is 1.05. The minimum Gasteiger partial charge on any atom is -0.358 e. The molecule has 4 N–H and O–H groups in total. The van der Waals surface area contributed by atoms with Crippen molar-refractivity contribution in [2.24, 2.45) is 0 Å². The van der Waals surface area contributed by atoms with Crippen LogP contribution in [0.5, 0.6) is 0 Å². The van der Waals surface area contributed by atoms with Crippen molar-refractivity contribution in [2.75, 3.05) is 50.1 Å². The smallest absolute Gasteiger partial charge is 0.243 e. The van der Waals surface area contributed by atoms with Crippen molar-refractivity contribution in [3.8, 4) is 0 Å². The van der Waals surface area contributed by atoms with Crippen LogP contribution in [0.1, 0.15) is 70.9 Å². The first-order chi connectivity index (χ1) is 31.2. The third kappa shape index (κ3) is 10.4. The van der Waals surface area contributed by atoms with Gasteiger partial charge >= 0.3 is 0 Å². The standard InChI is InChI=1S/C48H57N7O7S3/c1-47(2)33-16-7-9-18-36(33)53(5)39(47)28-31-43(32(44(31)57)29-40-48(3,4)34-17-8-10-19-37(34)54(40)6)55-26-15-20-38(55)46(59)52-35(30-63-62-61-60)45(58)51-24-13-11-21-41(56)49-25-27-64-65-42-22-12-14-23-50-42/h7-10,12,14,16-19,22-23,28-29,35,38H,11,13,15,20-21,24-27,30H2,1-6H3,(H3-,49,51,52,56,58,59,60)/p+1/t35-,38+/m0/s1. The number of fused-ring (bicyclic) bond motifs is 2. The highest BCUT2D eigenvalue weighted by molar-refractivity contribution is 8.76. The summed E-state index contributed by atoms with van der Waals surface area (Å²) in [5.74, 6) is -0.287. The van der Waals surface area contributed by atoms with Crippen molar-refractivity contribution < 1.29 is 38.4 Å². The minimum atomic E-state index is -1.04. The summed E-state index contributed by atoms with van der Waals surface area (Å²) in [4.78, 5) is 63.5. The highest BCUT2D eigenvalue weighted by atomic mass is 33.1. The van der Waals surface area contributed by atoms with Crippen LogP contribution < -0.4 is 20.9 Å². The van der Waals surface area contributed by atoms with Gasteiger partial charge in [0.05, 0.1) is 22.4 Å². The number of hydrogen-bond donors (Lipinski definition) is 4. The van der Waals surface area contributed by atoms with Gasteiger partial charge in [-0.3, -0.25) is 19.2 Å². The number of hydrogen-bond acceptors (Lipinski definition) is 13. The predicted octanol–water partition coefficient (Wildman–Crippen LogP) is 7.02. The lowest BCUT2D eigenvalue weighted by Crippen LogP contribution is -2.54. The summed E-state index contributed by atoms with van der Waals surface area (Å²) < 4.78 is 6.76.